The van der Waals surface area contributed by atoms with Crippen LogP contribution in [0, 0.1) is 6.92 Å². The number of carbonyl (C=O) groups is 1. The van der Waals surface area contributed by atoms with Crippen molar-refractivity contribution < 1.29 is 9.53 Å². The molecule has 0 aliphatic rings. The summed E-state index contributed by atoms with van der Waals surface area (Å²) in [5.41, 5.74) is 0.898. The van der Waals surface area contributed by atoms with Crippen molar-refractivity contribution in [2.45, 2.75) is 24.9 Å². The number of thioether (sulfide) groups is 1. The van der Waals surface area contributed by atoms with Crippen molar-refractivity contribution in [3.63, 3.8) is 0 Å². The first-order valence-corrected chi connectivity index (χ1v) is 8.20. The third-order valence-corrected chi connectivity index (χ3v) is 3.93. The standard InChI is InChI=1S/C15H15ClN2O3S/c1-9-10(14(20)18-15(17-9)22-2)7-8-13(19)21-12-6-4-3-5-11(12)16/h3-6H,7-8H2,1-2H3,(H,17,18,20). The Morgan fingerprint density at radius 3 is 2.77 bits per heavy atom. The van der Waals surface area contributed by atoms with E-state index in [9.17, 15) is 9.59 Å². The highest BCUT2D eigenvalue weighted by Crippen LogP contribution is 2.23. The number of aromatic amines is 1. The van der Waals surface area contributed by atoms with E-state index >= 15 is 0 Å². The van der Waals surface area contributed by atoms with Gasteiger partial charge < -0.3 is 9.72 Å². The molecule has 1 heterocycles. The van der Waals surface area contributed by atoms with Crippen LogP contribution in [0.2, 0.25) is 5.02 Å². The number of ether oxygens (including phenoxy) is 1. The van der Waals surface area contributed by atoms with Gasteiger partial charge in [-0.3, -0.25) is 9.59 Å². The Kier molecular flexibility index (Phi) is 5.63. The summed E-state index contributed by atoms with van der Waals surface area (Å²) in [5.74, 6) is -0.128. The first-order chi connectivity index (χ1) is 10.5. The molecule has 1 aromatic heterocycles. The quantitative estimate of drug-likeness (QED) is 0.393. The number of benzene rings is 1. The summed E-state index contributed by atoms with van der Waals surface area (Å²) >= 11 is 7.29. The van der Waals surface area contributed by atoms with Gasteiger partial charge in [0, 0.05) is 11.3 Å². The predicted molar refractivity (Wildman–Crippen MR) is 86.8 cm³/mol. The molecule has 0 atom stereocenters. The third-order valence-electron chi connectivity index (χ3n) is 3.03. The molecule has 1 N–H and O–H groups in total. The van der Waals surface area contributed by atoms with Crippen LogP contribution in [0.5, 0.6) is 5.75 Å². The van der Waals surface area contributed by atoms with Gasteiger partial charge in [-0.15, -0.1) is 0 Å². The summed E-state index contributed by atoms with van der Waals surface area (Å²) in [4.78, 5) is 30.8. The lowest BCUT2D eigenvalue weighted by molar-refractivity contribution is -0.134. The number of nitrogens with one attached hydrogen (secondary N) is 1. The average molecular weight is 339 g/mol. The first-order valence-electron chi connectivity index (χ1n) is 6.60. The summed E-state index contributed by atoms with van der Waals surface area (Å²) in [6.07, 6.45) is 2.18. The van der Waals surface area contributed by atoms with Crippen LogP contribution >= 0.6 is 23.4 Å². The van der Waals surface area contributed by atoms with E-state index < -0.39 is 5.97 Å². The van der Waals surface area contributed by atoms with Gasteiger partial charge in [-0.1, -0.05) is 35.5 Å². The Morgan fingerprint density at radius 1 is 1.41 bits per heavy atom. The molecule has 0 saturated carbocycles. The van der Waals surface area contributed by atoms with Crippen molar-refractivity contribution in [3.8, 4) is 5.75 Å². The molecule has 116 valence electrons. The van der Waals surface area contributed by atoms with Crippen LogP contribution in [0.15, 0.2) is 34.2 Å². The molecule has 22 heavy (non-hydrogen) atoms. The summed E-state index contributed by atoms with van der Waals surface area (Å²) < 4.78 is 5.18. The molecular weight excluding hydrogens is 324 g/mol. The summed E-state index contributed by atoms with van der Waals surface area (Å²) in [6, 6.07) is 6.74. The van der Waals surface area contributed by atoms with Gasteiger partial charge in [0.25, 0.3) is 5.56 Å². The van der Waals surface area contributed by atoms with Gasteiger partial charge in [0.15, 0.2) is 5.16 Å². The van der Waals surface area contributed by atoms with E-state index in [1.165, 1.54) is 11.8 Å². The minimum absolute atomic E-state index is 0.0788. The second-order valence-electron chi connectivity index (χ2n) is 4.54. The van der Waals surface area contributed by atoms with Crippen LogP contribution < -0.4 is 10.3 Å². The van der Waals surface area contributed by atoms with Gasteiger partial charge in [0.05, 0.1) is 11.4 Å². The minimum Gasteiger partial charge on any atom is -0.425 e. The van der Waals surface area contributed by atoms with Crippen molar-refractivity contribution in [1.29, 1.82) is 0 Å². The Hall–Kier alpha value is -1.79. The molecule has 0 aliphatic heterocycles. The molecule has 0 saturated heterocycles. The molecule has 0 radical (unpaired) electrons. The van der Waals surface area contributed by atoms with Crippen molar-refractivity contribution >= 4 is 29.3 Å². The number of carbonyl (C=O) groups excluding carboxylic acids is 1. The lowest BCUT2D eigenvalue weighted by atomic mass is 10.1. The van der Waals surface area contributed by atoms with Crippen molar-refractivity contribution in [1.82, 2.24) is 9.97 Å². The van der Waals surface area contributed by atoms with Crippen LogP contribution in [0.25, 0.3) is 0 Å². The third kappa shape index (κ3) is 4.11. The number of nitrogens with zero attached hydrogens (tertiary/aromatic N) is 1. The van der Waals surface area contributed by atoms with Crippen LogP contribution in [0.4, 0.5) is 0 Å². The summed E-state index contributed by atoms with van der Waals surface area (Å²) in [6.45, 7) is 1.75. The molecule has 0 amide bonds. The molecule has 5 nitrogen and oxygen atoms in total. The fraction of sp³-hybridized carbons (Fsp3) is 0.267. The predicted octanol–water partition coefficient (Wildman–Crippen LogP) is 2.99. The van der Waals surface area contributed by atoms with Crippen LogP contribution in [0.1, 0.15) is 17.7 Å². The van der Waals surface area contributed by atoms with E-state index in [0.29, 0.717) is 27.2 Å². The van der Waals surface area contributed by atoms with Gasteiger partial charge in [-0.25, -0.2) is 4.98 Å². The zero-order valence-electron chi connectivity index (χ0n) is 12.2. The first kappa shape index (κ1) is 16.6. The molecule has 1 aromatic carbocycles. The van der Waals surface area contributed by atoms with Crippen LogP contribution in [-0.4, -0.2) is 22.2 Å². The number of H-pyrrole nitrogens is 1. The number of aromatic nitrogens is 2. The Labute approximate surface area is 137 Å². The van der Waals surface area contributed by atoms with E-state index in [1.54, 1.807) is 31.2 Å². The maximum Gasteiger partial charge on any atom is 0.311 e. The molecule has 0 aliphatic carbocycles. The van der Waals surface area contributed by atoms with Gasteiger partial charge in [0.1, 0.15) is 5.75 Å². The lowest BCUT2D eigenvalue weighted by Crippen LogP contribution is -2.19. The van der Waals surface area contributed by atoms with E-state index in [2.05, 4.69) is 9.97 Å². The maximum absolute atomic E-state index is 12.0. The highest BCUT2D eigenvalue weighted by atomic mass is 35.5. The van der Waals surface area contributed by atoms with Crippen LogP contribution in [-0.2, 0) is 11.2 Å². The number of rotatable bonds is 5. The van der Waals surface area contributed by atoms with Gasteiger partial charge >= 0.3 is 5.97 Å². The topological polar surface area (TPSA) is 72.0 Å². The number of halogens is 1. The van der Waals surface area contributed by atoms with Crippen molar-refractivity contribution in [2.24, 2.45) is 0 Å². The number of hydrogen-bond donors (Lipinski definition) is 1. The lowest BCUT2D eigenvalue weighted by Gasteiger charge is -2.07. The minimum atomic E-state index is -0.444. The average Bonchev–Trinajstić information content (AvgIpc) is 2.48. The van der Waals surface area contributed by atoms with E-state index in [0.717, 1.165) is 0 Å². The molecule has 2 rings (SSSR count). The molecular formula is C15H15ClN2O3S. The maximum atomic E-state index is 12.0. The fourth-order valence-corrected chi connectivity index (χ4v) is 2.50. The zero-order chi connectivity index (χ0) is 16.1. The van der Waals surface area contributed by atoms with Crippen molar-refractivity contribution in [2.75, 3.05) is 6.26 Å². The molecule has 0 spiro atoms. The SMILES string of the molecule is CSc1nc(C)c(CCC(=O)Oc2ccccc2Cl)c(=O)[nH]1. The highest BCUT2D eigenvalue weighted by Gasteiger charge is 2.12. The summed E-state index contributed by atoms with van der Waals surface area (Å²) in [5, 5.41) is 0.931. The molecule has 0 bridgehead atoms. The van der Waals surface area contributed by atoms with Crippen LogP contribution in [0.3, 0.4) is 0 Å². The van der Waals surface area contributed by atoms with Crippen molar-refractivity contribution in [3.05, 3.63) is 50.9 Å². The van der Waals surface area contributed by atoms with Gasteiger partial charge in [-0.2, -0.15) is 0 Å². The smallest absolute Gasteiger partial charge is 0.311 e. The van der Waals surface area contributed by atoms with E-state index in [4.69, 9.17) is 16.3 Å². The van der Waals surface area contributed by atoms with E-state index in [-0.39, 0.29) is 18.4 Å². The molecule has 0 unspecified atom stereocenters. The number of esters is 1. The molecule has 7 heteroatoms. The highest BCUT2D eigenvalue weighted by molar-refractivity contribution is 7.98. The monoisotopic (exact) mass is 338 g/mol. The number of aryl methyl sites for hydroxylation is 1. The number of para-hydroxylation sites is 1. The summed E-state index contributed by atoms with van der Waals surface area (Å²) in [7, 11) is 0. The van der Waals surface area contributed by atoms with Gasteiger partial charge in [-0.05, 0) is 31.7 Å². The Bertz CT molecular complexity index is 746. The Balaban J connectivity index is 2.03. The number of hydrogen-bond acceptors (Lipinski definition) is 5. The van der Waals surface area contributed by atoms with E-state index in [1.807, 2.05) is 6.26 Å². The second kappa shape index (κ2) is 7.47. The normalized spacial score (nSPS) is 10.5. The molecule has 2 aromatic rings. The zero-order valence-corrected chi connectivity index (χ0v) is 13.8. The van der Waals surface area contributed by atoms with Gasteiger partial charge in [0.2, 0.25) is 0 Å². The molecule has 0 fully saturated rings. The largest absolute Gasteiger partial charge is 0.425 e. The second-order valence-corrected chi connectivity index (χ2v) is 5.75. The fourth-order valence-electron chi connectivity index (χ4n) is 1.90. The Morgan fingerprint density at radius 2 is 2.14 bits per heavy atom.